The second kappa shape index (κ2) is 7.78. The zero-order valence-corrected chi connectivity index (χ0v) is 12.3. The summed E-state index contributed by atoms with van der Waals surface area (Å²) in [5.74, 6) is -0.0160. The second-order valence-electron chi connectivity index (χ2n) is 5.91. The van der Waals surface area contributed by atoms with E-state index in [0.717, 1.165) is 38.8 Å². The van der Waals surface area contributed by atoms with Crippen molar-refractivity contribution in [2.75, 3.05) is 13.1 Å². The average molecular weight is 255 g/mol. The first-order valence-electron chi connectivity index (χ1n) is 7.50. The van der Waals surface area contributed by atoms with Crippen molar-refractivity contribution in [2.24, 2.45) is 5.41 Å². The van der Waals surface area contributed by atoms with Crippen molar-refractivity contribution in [3.8, 4) is 0 Å². The number of unbranched alkanes of at least 4 members (excludes halogenated alkanes) is 3. The van der Waals surface area contributed by atoms with Gasteiger partial charge in [-0.3, -0.25) is 4.79 Å². The summed E-state index contributed by atoms with van der Waals surface area (Å²) in [4.78, 5) is 12.2. The fourth-order valence-electron chi connectivity index (χ4n) is 2.47. The minimum atomic E-state index is -0.310. The van der Waals surface area contributed by atoms with Crippen LogP contribution in [0.25, 0.3) is 0 Å². The fourth-order valence-corrected chi connectivity index (χ4v) is 2.47. The third-order valence-corrected chi connectivity index (χ3v) is 3.86. The van der Waals surface area contributed by atoms with Crippen LogP contribution in [-0.2, 0) is 9.53 Å². The number of hydrogen-bond donors (Lipinski definition) is 1. The Morgan fingerprint density at radius 3 is 2.78 bits per heavy atom. The number of esters is 1. The highest BCUT2D eigenvalue weighted by atomic mass is 16.5. The Bertz CT molecular complexity index is 247. The molecule has 0 spiro atoms. The van der Waals surface area contributed by atoms with Crippen LogP contribution < -0.4 is 5.32 Å². The molecule has 106 valence electrons. The summed E-state index contributed by atoms with van der Waals surface area (Å²) in [6, 6.07) is 0. The highest BCUT2D eigenvalue weighted by molar-refractivity contribution is 5.77. The van der Waals surface area contributed by atoms with Gasteiger partial charge in [0.15, 0.2) is 0 Å². The standard InChI is InChI=1S/C15H29NO2/c1-4-5-6-7-9-13(2)18-14(17)15(3)10-8-11-16-12-15/h13,16H,4-12H2,1-3H3. The minimum Gasteiger partial charge on any atom is -0.462 e. The van der Waals surface area contributed by atoms with Crippen molar-refractivity contribution < 1.29 is 9.53 Å². The molecule has 1 fully saturated rings. The third-order valence-electron chi connectivity index (χ3n) is 3.86. The van der Waals surface area contributed by atoms with Gasteiger partial charge in [-0.1, -0.05) is 26.2 Å². The molecule has 3 nitrogen and oxygen atoms in total. The maximum atomic E-state index is 12.2. The maximum Gasteiger partial charge on any atom is 0.313 e. The van der Waals surface area contributed by atoms with Crippen LogP contribution in [-0.4, -0.2) is 25.2 Å². The van der Waals surface area contributed by atoms with Gasteiger partial charge in [-0.15, -0.1) is 0 Å². The Balaban J connectivity index is 2.25. The molecule has 0 aromatic rings. The second-order valence-corrected chi connectivity index (χ2v) is 5.91. The van der Waals surface area contributed by atoms with Gasteiger partial charge in [0.05, 0.1) is 11.5 Å². The molecule has 1 N–H and O–H groups in total. The Morgan fingerprint density at radius 2 is 2.17 bits per heavy atom. The molecule has 1 heterocycles. The lowest BCUT2D eigenvalue weighted by molar-refractivity contribution is -0.161. The highest BCUT2D eigenvalue weighted by Crippen LogP contribution is 2.27. The van der Waals surface area contributed by atoms with Crippen LogP contribution in [0.4, 0.5) is 0 Å². The lowest BCUT2D eigenvalue weighted by Gasteiger charge is -2.32. The van der Waals surface area contributed by atoms with Gasteiger partial charge in [-0.2, -0.15) is 0 Å². The van der Waals surface area contributed by atoms with Crippen LogP contribution in [0.3, 0.4) is 0 Å². The number of carbonyl (C=O) groups is 1. The van der Waals surface area contributed by atoms with Crippen molar-refractivity contribution in [3.63, 3.8) is 0 Å². The molecule has 1 aliphatic heterocycles. The zero-order chi connectivity index (χ0) is 13.4. The van der Waals surface area contributed by atoms with Crippen molar-refractivity contribution in [3.05, 3.63) is 0 Å². The van der Waals surface area contributed by atoms with E-state index in [2.05, 4.69) is 12.2 Å². The van der Waals surface area contributed by atoms with Gasteiger partial charge in [0.1, 0.15) is 0 Å². The van der Waals surface area contributed by atoms with Crippen LogP contribution in [0.2, 0.25) is 0 Å². The summed E-state index contributed by atoms with van der Waals surface area (Å²) in [5.41, 5.74) is -0.310. The molecule has 18 heavy (non-hydrogen) atoms. The van der Waals surface area contributed by atoms with E-state index in [9.17, 15) is 4.79 Å². The van der Waals surface area contributed by atoms with Crippen molar-refractivity contribution in [1.29, 1.82) is 0 Å². The molecule has 1 aliphatic rings. The minimum absolute atomic E-state index is 0.0160. The van der Waals surface area contributed by atoms with E-state index in [-0.39, 0.29) is 17.5 Å². The van der Waals surface area contributed by atoms with Crippen molar-refractivity contribution >= 4 is 5.97 Å². The first kappa shape index (κ1) is 15.5. The Morgan fingerprint density at radius 1 is 1.39 bits per heavy atom. The lowest BCUT2D eigenvalue weighted by atomic mass is 9.83. The quantitative estimate of drug-likeness (QED) is 0.560. The van der Waals surface area contributed by atoms with Gasteiger partial charge in [0, 0.05) is 6.54 Å². The van der Waals surface area contributed by atoms with E-state index >= 15 is 0 Å². The molecule has 1 saturated heterocycles. The summed E-state index contributed by atoms with van der Waals surface area (Å²) < 4.78 is 5.59. The summed E-state index contributed by atoms with van der Waals surface area (Å²) in [6.45, 7) is 8.03. The molecule has 3 heteroatoms. The van der Waals surface area contributed by atoms with Gasteiger partial charge >= 0.3 is 5.97 Å². The largest absolute Gasteiger partial charge is 0.462 e. The van der Waals surface area contributed by atoms with Gasteiger partial charge < -0.3 is 10.1 Å². The van der Waals surface area contributed by atoms with E-state index < -0.39 is 0 Å². The molecule has 1 rings (SSSR count). The number of rotatable bonds is 7. The van der Waals surface area contributed by atoms with Crippen LogP contribution in [0.15, 0.2) is 0 Å². The molecule has 0 aliphatic carbocycles. The van der Waals surface area contributed by atoms with Crippen molar-refractivity contribution in [1.82, 2.24) is 5.32 Å². The Hall–Kier alpha value is -0.570. The van der Waals surface area contributed by atoms with Gasteiger partial charge in [-0.25, -0.2) is 0 Å². The highest BCUT2D eigenvalue weighted by Gasteiger charge is 2.36. The predicted molar refractivity (Wildman–Crippen MR) is 74.5 cm³/mol. The molecule has 0 saturated carbocycles. The van der Waals surface area contributed by atoms with E-state index in [1.807, 2.05) is 13.8 Å². The molecule has 0 aromatic carbocycles. The summed E-state index contributed by atoms with van der Waals surface area (Å²) in [6.07, 6.45) is 8.01. The zero-order valence-electron chi connectivity index (χ0n) is 12.3. The SMILES string of the molecule is CCCCCCC(C)OC(=O)C1(C)CCCNC1. The number of ether oxygens (including phenoxy) is 1. The molecular formula is C15H29NO2. The summed E-state index contributed by atoms with van der Waals surface area (Å²) in [7, 11) is 0. The third kappa shape index (κ3) is 4.97. The summed E-state index contributed by atoms with van der Waals surface area (Å²) >= 11 is 0. The van der Waals surface area contributed by atoms with E-state index in [0.29, 0.717) is 0 Å². The van der Waals surface area contributed by atoms with Gasteiger partial charge in [0.25, 0.3) is 0 Å². The molecule has 2 atom stereocenters. The van der Waals surface area contributed by atoms with Crippen molar-refractivity contribution in [2.45, 2.75) is 71.8 Å². The molecule has 2 unspecified atom stereocenters. The molecule has 0 bridgehead atoms. The average Bonchev–Trinajstić information content (AvgIpc) is 2.35. The van der Waals surface area contributed by atoms with Crippen LogP contribution in [0, 0.1) is 5.41 Å². The number of carbonyl (C=O) groups excluding carboxylic acids is 1. The summed E-state index contributed by atoms with van der Waals surface area (Å²) in [5, 5.41) is 3.29. The smallest absolute Gasteiger partial charge is 0.313 e. The molecule has 0 aromatic heterocycles. The number of hydrogen-bond acceptors (Lipinski definition) is 3. The number of nitrogens with one attached hydrogen (secondary N) is 1. The van der Waals surface area contributed by atoms with E-state index in [4.69, 9.17) is 4.74 Å². The predicted octanol–water partition coefficient (Wildman–Crippen LogP) is 3.28. The monoisotopic (exact) mass is 255 g/mol. The first-order chi connectivity index (χ1) is 8.58. The Labute approximate surface area is 112 Å². The molecule has 0 radical (unpaired) electrons. The van der Waals surface area contributed by atoms with E-state index in [1.54, 1.807) is 0 Å². The molecule has 0 amide bonds. The van der Waals surface area contributed by atoms with Gasteiger partial charge in [-0.05, 0) is 46.1 Å². The van der Waals surface area contributed by atoms with E-state index in [1.165, 1.54) is 19.3 Å². The normalized spacial score (nSPS) is 25.7. The van der Waals surface area contributed by atoms with Crippen LogP contribution in [0.5, 0.6) is 0 Å². The van der Waals surface area contributed by atoms with Gasteiger partial charge in [0.2, 0.25) is 0 Å². The topological polar surface area (TPSA) is 38.3 Å². The lowest BCUT2D eigenvalue weighted by Crippen LogP contribution is -2.45. The fraction of sp³-hybridized carbons (Fsp3) is 0.933. The number of piperidine rings is 1. The maximum absolute atomic E-state index is 12.2. The first-order valence-corrected chi connectivity index (χ1v) is 7.50. The van der Waals surface area contributed by atoms with Crippen LogP contribution in [0.1, 0.15) is 65.7 Å². The van der Waals surface area contributed by atoms with Crippen LogP contribution >= 0.6 is 0 Å². The molecular weight excluding hydrogens is 226 g/mol. The Kier molecular flexibility index (Phi) is 6.69.